The summed E-state index contributed by atoms with van der Waals surface area (Å²) >= 11 is 3.54. The van der Waals surface area contributed by atoms with Gasteiger partial charge in [-0.3, -0.25) is 0 Å². The van der Waals surface area contributed by atoms with Gasteiger partial charge in [-0.15, -0.1) is 0 Å². The second kappa shape index (κ2) is 7.32. The van der Waals surface area contributed by atoms with Gasteiger partial charge in [0.15, 0.2) is 11.5 Å². The summed E-state index contributed by atoms with van der Waals surface area (Å²) in [6.07, 6.45) is 5.39. The van der Waals surface area contributed by atoms with E-state index in [-0.39, 0.29) is 6.10 Å². The molecule has 112 valence electrons. The molecule has 0 amide bonds. The van der Waals surface area contributed by atoms with Gasteiger partial charge in [-0.1, -0.05) is 28.8 Å². The Morgan fingerprint density at radius 2 is 2.00 bits per heavy atom. The first-order valence-corrected chi connectivity index (χ1v) is 8.16. The van der Waals surface area contributed by atoms with Gasteiger partial charge in [0.25, 0.3) is 0 Å². The largest absolute Gasteiger partial charge is 0.493 e. The Hall–Kier alpha value is -0.740. The molecule has 20 heavy (non-hydrogen) atoms. The molecule has 0 bridgehead atoms. The molecule has 1 saturated carbocycles. The summed E-state index contributed by atoms with van der Waals surface area (Å²) in [5.74, 6) is 1.65. The van der Waals surface area contributed by atoms with Crippen molar-refractivity contribution in [2.45, 2.75) is 58.2 Å². The van der Waals surface area contributed by atoms with Crippen molar-refractivity contribution in [1.82, 2.24) is 5.32 Å². The van der Waals surface area contributed by atoms with Crippen LogP contribution in [-0.4, -0.2) is 19.3 Å². The maximum Gasteiger partial charge on any atom is 0.166 e. The SMILES string of the molecule is COc1cc(Br)cc(CNC2CCCC2)c1OC(C)C. The van der Waals surface area contributed by atoms with Gasteiger partial charge in [0.2, 0.25) is 0 Å². The molecule has 0 unspecified atom stereocenters. The van der Waals surface area contributed by atoms with Crippen LogP contribution in [0.3, 0.4) is 0 Å². The molecule has 0 spiro atoms. The van der Waals surface area contributed by atoms with E-state index in [1.807, 2.05) is 19.9 Å². The van der Waals surface area contributed by atoms with E-state index >= 15 is 0 Å². The summed E-state index contributed by atoms with van der Waals surface area (Å²) in [5.41, 5.74) is 1.15. The number of hydrogen-bond donors (Lipinski definition) is 1. The molecule has 3 nitrogen and oxygen atoms in total. The Morgan fingerprint density at radius 3 is 2.60 bits per heavy atom. The molecule has 0 saturated heterocycles. The highest BCUT2D eigenvalue weighted by atomic mass is 79.9. The van der Waals surface area contributed by atoms with E-state index in [0.717, 1.165) is 28.1 Å². The normalized spacial score (nSPS) is 15.8. The molecular formula is C16H24BrNO2. The molecule has 0 aliphatic heterocycles. The predicted molar refractivity (Wildman–Crippen MR) is 85.6 cm³/mol. The lowest BCUT2D eigenvalue weighted by Gasteiger charge is -2.19. The molecule has 0 atom stereocenters. The van der Waals surface area contributed by atoms with E-state index in [1.165, 1.54) is 25.7 Å². The second-order valence-corrected chi connectivity index (χ2v) is 6.54. The third-order valence-corrected chi connectivity index (χ3v) is 4.06. The van der Waals surface area contributed by atoms with E-state index in [2.05, 4.69) is 27.3 Å². The molecule has 2 rings (SSSR count). The number of hydrogen-bond acceptors (Lipinski definition) is 3. The summed E-state index contributed by atoms with van der Waals surface area (Å²) in [4.78, 5) is 0. The van der Waals surface area contributed by atoms with Crippen LogP contribution in [0.4, 0.5) is 0 Å². The first-order valence-electron chi connectivity index (χ1n) is 7.36. The van der Waals surface area contributed by atoms with Crippen LogP contribution in [-0.2, 0) is 6.54 Å². The lowest BCUT2D eigenvalue weighted by molar-refractivity contribution is 0.227. The average Bonchev–Trinajstić information content (AvgIpc) is 2.91. The minimum absolute atomic E-state index is 0.135. The van der Waals surface area contributed by atoms with Crippen LogP contribution < -0.4 is 14.8 Å². The quantitative estimate of drug-likeness (QED) is 0.837. The fraction of sp³-hybridized carbons (Fsp3) is 0.625. The fourth-order valence-corrected chi connectivity index (χ4v) is 3.14. The summed E-state index contributed by atoms with van der Waals surface area (Å²) in [6.45, 7) is 4.90. The Labute approximate surface area is 130 Å². The molecule has 1 aromatic rings. The van der Waals surface area contributed by atoms with Gasteiger partial charge in [0.05, 0.1) is 13.2 Å². The molecule has 1 fully saturated rings. The number of nitrogens with one attached hydrogen (secondary N) is 1. The first-order chi connectivity index (χ1) is 9.60. The van der Waals surface area contributed by atoms with E-state index in [4.69, 9.17) is 9.47 Å². The van der Waals surface area contributed by atoms with Crippen molar-refractivity contribution in [2.75, 3.05) is 7.11 Å². The van der Waals surface area contributed by atoms with Crippen LogP contribution >= 0.6 is 15.9 Å². The zero-order valence-electron chi connectivity index (χ0n) is 12.5. The number of benzene rings is 1. The van der Waals surface area contributed by atoms with E-state index in [1.54, 1.807) is 7.11 Å². The summed E-state index contributed by atoms with van der Waals surface area (Å²) in [7, 11) is 1.68. The molecule has 0 heterocycles. The van der Waals surface area contributed by atoms with Crippen LogP contribution in [0.5, 0.6) is 11.5 Å². The van der Waals surface area contributed by atoms with Crippen LogP contribution in [0.25, 0.3) is 0 Å². The first kappa shape index (κ1) is 15.6. The van der Waals surface area contributed by atoms with Gasteiger partial charge in [-0.25, -0.2) is 0 Å². The molecule has 4 heteroatoms. The maximum atomic E-state index is 5.95. The van der Waals surface area contributed by atoms with Crippen molar-refractivity contribution in [1.29, 1.82) is 0 Å². The van der Waals surface area contributed by atoms with Crippen molar-refractivity contribution < 1.29 is 9.47 Å². The molecular weight excluding hydrogens is 318 g/mol. The molecule has 1 aromatic carbocycles. The van der Waals surface area contributed by atoms with Gasteiger partial charge in [0, 0.05) is 22.6 Å². The lowest BCUT2D eigenvalue weighted by atomic mass is 10.1. The lowest BCUT2D eigenvalue weighted by Crippen LogP contribution is -2.25. The topological polar surface area (TPSA) is 30.5 Å². The highest BCUT2D eigenvalue weighted by Crippen LogP contribution is 2.35. The van der Waals surface area contributed by atoms with E-state index in [0.29, 0.717) is 6.04 Å². The monoisotopic (exact) mass is 341 g/mol. The summed E-state index contributed by atoms with van der Waals surface area (Å²) in [5, 5.41) is 3.63. The molecule has 1 aliphatic rings. The van der Waals surface area contributed by atoms with Crippen molar-refractivity contribution >= 4 is 15.9 Å². The van der Waals surface area contributed by atoms with Crippen LogP contribution in [0, 0.1) is 0 Å². The predicted octanol–water partition coefficient (Wildman–Crippen LogP) is 4.28. The molecule has 1 aliphatic carbocycles. The number of rotatable bonds is 6. The third kappa shape index (κ3) is 4.13. The number of halogens is 1. The fourth-order valence-electron chi connectivity index (χ4n) is 2.66. The Bertz CT molecular complexity index is 442. The number of methoxy groups -OCH3 is 1. The summed E-state index contributed by atoms with van der Waals surface area (Å²) < 4.78 is 12.4. The Morgan fingerprint density at radius 1 is 1.30 bits per heavy atom. The van der Waals surface area contributed by atoms with E-state index in [9.17, 15) is 0 Å². The Kier molecular flexibility index (Phi) is 5.73. The molecule has 1 N–H and O–H groups in total. The van der Waals surface area contributed by atoms with Gasteiger partial charge < -0.3 is 14.8 Å². The van der Waals surface area contributed by atoms with Crippen LogP contribution in [0.1, 0.15) is 45.1 Å². The van der Waals surface area contributed by atoms with Crippen LogP contribution in [0.15, 0.2) is 16.6 Å². The highest BCUT2D eigenvalue weighted by molar-refractivity contribution is 9.10. The van der Waals surface area contributed by atoms with Crippen molar-refractivity contribution in [3.63, 3.8) is 0 Å². The zero-order valence-corrected chi connectivity index (χ0v) is 14.1. The van der Waals surface area contributed by atoms with Crippen molar-refractivity contribution in [3.05, 3.63) is 22.2 Å². The maximum absolute atomic E-state index is 5.95. The number of ether oxygens (including phenoxy) is 2. The molecule has 0 aromatic heterocycles. The van der Waals surface area contributed by atoms with Crippen molar-refractivity contribution in [3.8, 4) is 11.5 Å². The van der Waals surface area contributed by atoms with Crippen LogP contribution in [0.2, 0.25) is 0 Å². The standard InChI is InChI=1S/C16H24BrNO2/c1-11(2)20-16-12(8-13(17)9-15(16)19-3)10-18-14-6-4-5-7-14/h8-9,11,14,18H,4-7,10H2,1-3H3. The highest BCUT2D eigenvalue weighted by Gasteiger charge is 2.18. The second-order valence-electron chi connectivity index (χ2n) is 5.63. The smallest absolute Gasteiger partial charge is 0.166 e. The van der Waals surface area contributed by atoms with Crippen molar-refractivity contribution in [2.24, 2.45) is 0 Å². The van der Waals surface area contributed by atoms with Gasteiger partial charge >= 0.3 is 0 Å². The third-order valence-electron chi connectivity index (χ3n) is 3.61. The average molecular weight is 342 g/mol. The van der Waals surface area contributed by atoms with Gasteiger partial charge in [-0.2, -0.15) is 0 Å². The summed E-state index contributed by atoms with van der Waals surface area (Å²) in [6, 6.07) is 4.71. The van der Waals surface area contributed by atoms with Gasteiger partial charge in [0.1, 0.15) is 0 Å². The zero-order chi connectivity index (χ0) is 14.5. The van der Waals surface area contributed by atoms with E-state index < -0.39 is 0 Å². The minimum atomic E-state index is 0.135. The molecule has 0 radical (unpaired) electrons. The minimum Gasteiger partial charge on any atom is -0.493 e. The van der Waals surface area contributed by atoms with Gasteiger partial charge in [-0.05, 0) is 38.8 Å². The Balaban J connectivity index is 2.16.